The van der Waals surface area contributed by atoms with Gasteiger partial charge in [-0.1, -0.05) is 30.3 Å². The predicted molar refractivity (Wildman–Crippen MR) is 78.3 cm³/mol. The van der Waals surface area contributed by atoms with Gasteiger partial charge >= 0.3 is 0 Å². The van der Waals surface area contributed by atoms with Crippen molar-refractivity contribution in [2.45, 2.75) is 6.42 Å². The summed E-state index contributed by atoms with van der Waals surface area (Å²) < 4.78 is 0. The molecule has 0 N–H and O–H groups in total. The number of nitrogens with zero attached hydrogens (tertiary/aromatic N) is 3. The first kappa shape index (κ1) is 11.9. The first-order chi connectivity index (χ1) is 9.34. The monoisotopic (exact) mass is 251 g/mol. The number of amidine groups is 1. The van der Waals surface area contributed by atoms with Crippen LogP contribution in [0.15, 0.2) is 53.7 Å². The van der Waals surface area contributed by atoms with Crippen LogP contribution in [0.1, 0.15) is 5.56 Å². The van der Waals surface area contributed by atoms with Crippen molar-refractivity contribution in [2.24, 2.45) is 4.99 Å². The van der Waals surface area contributed by atoms with E-state index in [2.05, 4.69) is 52.3 Å². The Hall–Kier alpha value is -2.16. The van der Waals surface area contributed by atoms with Gasteiger partial charge in [-0.2, -0.15) is 0 Å². The number of hydrogen-bond donors (Lipinski definition) is 0. The van der Waals surface area contributed by atoms with Crippen molar-refractivity contribution >= 4 is 5.84 Å². The van der Waals surface area contributed by atoms with Gasteiger partial charge in [-0.25, -0.2) is 0 Å². The zero-order chi connectivity index (χ0) is 13.1. The highest BCUT2D eigenvalue weighted by Gasteiger charge is 2.15. The van der Waals surface area contributed by atoms with Gasteiger partial charge in [0, 0.05) is 31.8 Å². The number of rotatable bonds is 3. The van der Waals surface area contributed by atoms with Crippen LogP contribution in [0.2, 0.25) is 0 Å². The lowest BCUT2D eigenvalue weighted by Gasteiger charge is -2.15. The van der Waals surface area contributed by atoms with Gasteiger partial charge in [-0.15, -0.1) is 0 Å². The zero-order valence-electron chi connectivity index (χ0n) is 11.1. The molecule has 0 atom stereocenters. The highest BCUT2D eigenvalue weighted by Crippen LogP contribution is 2.22. The highest BCUT2D eigenvalue weighted by atomic mass is 15.2. The van der Waals surface area contributed by atoms with Crippen LogP contribution in [0.4, 0.5) is 0 Å². The second kappa shape index (κ2) is 5.22. The molecule has 3 heteroatoms. The molecular formula is C16H17N3. The second-order valence-corrected chi connectivity index (χ2v) is 4.77. The molecule has 2 heterocycles. The molecule has 0 spiro atoms. The SMILES string of the molecule is CN1CCN=C1Cc1ccccc1-c1ccccn1. The van der Waals surface area contributed by atoms with Gasteiger partial charge in [0.05, 0.1) is 12.2 Å². The Morgan fingerprint density at radius 2 is 1.95 bits per heavy atom. The fourth-order valence-electron chi connectivity index (χ4n) is 2.39. The maximum atomic E-state index is 4.57. The first-order valence-corrected chi connectivity index (χ1v) is 6.58. The van der Waals surface area contributed by atoms with Gasteiger partial charge in [-0.3, -0.25) is 9.98 Å². The van der Waals surface area contributed by atoms with Gasteiger partial charge in [0.15, 0.2) is 0 Å². The fourth-order valence-corrected chi connectivity index (χ4v) is 2.39. The van der Waals surface area contributed by atoms with E-state index in [-0.39, 0.29) is 0 Å². The first-order valence-electron chi connectivity index (χ1n) is 6.58. The summed E-state index contributed by atoms with van der Waals surface area (Å²) in [5.74, 6) is 1.17. The molecule has 19 heavy (non-hydrogen) atoms. The molecule has 0 amide bonds. The van der Waals surface area contributed by atoms with E-state index >= 15 is 0 Å². The molecule has 0 bridgehead atoms. The standard InChI is InChI=1S/C16H17N3/c1-19-11-10-18-16(19)12-13-6-2-3-7-14(13)15-8-4-5-9-17-15/h2-9H,10-12H2,1H3. The van der Waals surface area contributed by atoms with Gasteiger partial charge in [0.25, 0.3) is 0 Å². The number of aliphatic imine (C=N–C) groups is 1. The van der Waals surface area contributed by atoms with Gasteiger partial charge in [0.1, 0.15) is 5.84 Å². The number of pyridine rings is 1. The average molecular weight is 251 g/mol. The van der Waals surface area contributed by atoms with E-state index in [1.165, 1.54) is 17.0 Å². The molecular weight excluding hydrogens is 234 g/mol. The molecule has 1 aromatic carbocycles. The molecule has 3 rings (SSSR count). The van der Waals surface area contributed by atoms with Gasteiger partial charge in [-0.05, 0) is 17.7 Å². The predicted octanol–water partition coefficient (Wildman–Crippen LogP) is 2.64. The third-order valence-electron chi connectivity index (χ3n) is 3.48. The van der Waals surface area contributed by atoms with E-state index in [9.17, 15) is 0 Å². The molecule has 0 aliphatic carbocycles. The van der Waals surface area contributed by atoms with E-state index in [1.807, 2.05) is 18.3 Å². The van der Waals surface area contributed by atoms with Crippen LogP contribution in [0.3, 0.4) is 0 Å². The Labute approximate surface area is 113 Å². The maximum Gasteiger partial charge on any atom is 0.103 e. The summed E-state index contributed by atoms with van der Waals surface area (Å²) in [6, 6.07) is 14.5. The van der Waals surface area contributed by atoms with Crippen LogP contribution < -0.4 is 0 Å². The minimum Gasteiger partial charge on any atom is -0.361 e. The lowest BCUT2D eigenvalue weighted by Crippen LogP contribution is -2.24. The summed E-state index contributed by atoms with van der Waals surface area (Å²) in [5, 5.41) is 0. The Morgan fingerprint density at radius 1 is 1.11 bits per heavy atom. The molecule has 0 fully saturated rings. The van der Waals surface area contributed by atoms with Crippen LogP contribution in [0.25, 0.3) is 11.3 Å². The third kappa shape index (κ3) is 2.50. The number of aromatic nitrogens is 1. The molecule has 0 saturated carbocycles. The van der Waals surface area contributed by atoms with E-state index in [4.69, 9.17) is 0 Å². The third-order valence-corrected chi connectivity index (χ3v) is 3.48. The van der Waals surface area contributed by atoms with Gasteiger partial charge < -0.3 is 4.90 Å². The molecule has 1 aliphatic rings. The normalized spacial score (nSPS) is 14.6. The van der Waals surface area contributed by atoms with E-state index in [1.54, 1.807) is 0 Å². The maximum absolute atomic E-state index is 4.57. The quantitative estimate of drug-likeness (QED) is 0.839. The second-order valence-electron chi connectivity index (χ2n) is 4.77. The number of hydrogen-bond acceptors (Lipinski definition) is 3. The van der Waals surface area contributed by atoms with Crippen molar-refractivity contribution in [3.8, 4) is 11.3 Å². The lowest BCUT2D eigenvalue weighted by atomic mass is 10.0. The molecule has 0 saturated heterocycles. The molecule has 0 radical (unpaired) electrons. The summed E-state index contributed by atoms with van der Waals surface area (Å²) in [6.07, 6.45) is 2.72. The minimum atomic E-state index is 0.878. The van der Waals surface area contributed by atoms with Crippen LogP contribution >= 0.6 is 0 Å². The summed E-state index contributed by atoms with van der Waals surface area (Å²) in [5.41, 5.74) is 3.51. The largest absolute Gasteiger partial charge is 0.361 e. The zero-order valence-corrected chi connectivity index (χ0v) is 11.1. The fraction of sp³-hybridized carbons (Fsp3) is 0.250. The summed E-state index contributed by atoms with van der Waals surface area (Å²) >= 11 is 0. The van der Waals surface area contributed by atoms with Crippen LogP contribution in [0, 0.1) is 0 Å². The molecule has 0 unspecified atom stereocenters. The van der Waals surface area contributed by atoms with Crippen molar-refractivity contribution in [3.63, 3.8) is 0 Å². The topological polar surface area (TPSA) is 28.5 Å². The Kier molecular flexibility index (Phi) is 3.27. The summed E-state index contributed by atoms with van der Waals surface area (Å²) in [6.45, 7) is 1.94. The van der Waals surface area contributed by atoms with Crippen molar-refractivity contribution in [1.29, 1.82) is 0 Å². The van der Waals surface area contributed by atoms with E-state index < -0.39 is 0 Å². The van der Waals surface area contributed by atoms with Crippen molar-refractivity contribution in [2.75, 3.05) is 20.1 Å². The molecule has 1 aromatic heterocycles. The van der Waals surface area contributed by atoms with E-state index in [0.717, 1.165) is 25.2 Å². The van der Waals surface area contributed by atoms with Crippen molar-refractivity contribution in [1.82, 2.24) is 9.88 Å². The Balaban J connectivity index is 1.94. The molecule has 1 aliphatic heterocycles. The molecule has 96 valence electrons. The van der Waals surface area contributed by atoms with E-state index in [0.29, 0.717) is 0 Å². The van der Waals surface area contributed by atoms with Crippen LogP contribution in [-0.2, 0) is 6.42 Å². The van der Waals surface area contributed by atoms with Crippen LogP contribution in [-0.4, -0.2) is 35.9 Å². The van der Waals surface area contributed by atoms with Crippen molar-refractivity contribution < 1.29 is 0 Å². The minimum absolute atomic E-state index is 0.878. The summed E-state index contributed by atoms with van der Waals surface area (Å²) in [7, 11) is 2.11. The highest BCUT2D eigenvalue weighted by molar-refractivity contribution is 5.87. The van der Waals surface area contributed by atoms with Crippen molar-refractivity contribution in [3.05, 3.63) is 54.2 Å². The number of benzene rings is 1. The smallest absolute Gasteiger partial charge is 0.103 e. The van der Waals surface area contributed by atoms with Crippen LogP contribution in [0.5, 0.6) is 0 Å². The Morgan fingerprint density at radius 3 is 2.68 bits per heavy atom. The summed E-state index contributed by atoms with van der Waals surface area (Å²) in [4.78, 5) is 11.3. The molecule has 2 aromatic rings. The Bertz CT molecular complexity index is 590. The molecule has 3 nitrogen and oxygen atoms in total. The van der Waals surface area contributed by atoms with Gasteiger partial charge in [0.2, 0.25) is 0 Å². The number of likely N-dealkylation sites (N-methyl/N-ethyl adjacent to an activating group) is 1. The lowest BCUT2D eigenvalue weighted by molar-refractivity contribution is 0.548. The average Bonchev–Trinajstić information content (AvgIpc) is 2.86.